The maximum Gasteiger partial charge on any atom is 0.406 e. The molecule has 0 aromatic rings. The summed E-state index contributed by atoms with van der Waals surface area (Å²) in [6.45, 7) is 0.535. The Balaban J connectivity index is 2.69. The van der Waals surface area contributed by atoms with Crippen molar-refractivity contribution >= 4 is 11.9 Å². The first-order valence-electron chi connectivity index (χ1n) is 6.78. The molecule has 0 saturated heterocycles. The largest absolute Gasteiger partial charge is 0.481 e. The fourth-order valence-corrected chi connectivity index (χ4v) is 2.33. The van der Waals surface area contributed by atoms with E-state index in [1.165, 1.54) is 0 Å². The van der Waals surface area contributed by atoms with Crippen LogP contribution in [0.5, 0.6) is 0 Å². The lowest BCUT2D eigenvalue weighted by molar-refractivity contribution is -0.168. The lowest BCUT2D eigenvalue weighted by atomic mass is 9.66. The third-order valence-electron chi connectivity index (χ3n) is 3.76. The lowest BCUT2D eigenvalue weighted by Crippen LogP contribution is -2.46. The molecule has 4 nitrogen and oxygen atoms in total. The molecule has 0 unspecified atom stereocenters. The van der Waals surface area contributed by atoms with Crippen LogP contribution in [0.2, 0.25) is 0 Å². The summed E-state index contributed by atoms with van der Waals surface area (Å²) in [6, 6.07) is 0. The number of rotatable bonds is 7. The Bertz CT molecular complexity index is 364. The van der Waals surface area contributed by atoms with Gasteiger partial charge in [0.15, 0.2) is 0 Å². The van der Waals surface area contributed by atoms with Gasteiger partial charge in [-0.05, 0) is 19.3 Å². The maximum absolute atomic E-state index is 12.5. The quantitative estimate of drug-likeness (QED) is 0.785. The Labute approximate surface area is 115 Å². The molecule has 0 aromatic carbocycles. The van der Waals surface area contributed by atoms with Crippen molar-refractivity contribution in [3.63, 3.8) is 0 Å². The minimum atomic E-state index is -4.46. The minimum absolute atomic E-state index is 0.0184. The summed E-state index contributed by atoms with van der Waals surface area (Å²) in [5.74, 6) is -1.79. The zero-order chi connectivity index (χ0) is 15.4. The van der Waals surface area contributed by atoms with Crippen LogP contribution in [0.1, 0.15) is 45.4 Å². The molecule has 0 bridgehead atoms. The highest BCUT2D eigenvalue weighted by Gasteiger charge is 2.47. The lowest BCUT2D eigenvalue weighted by Gasteiger charge is -2.38. The summed E-state index contributed by atoms with van der Waals surface area (Å²) < 4.78 is 37.4. The van der Waals surface area contributed by atoms with Crippen LogP contribution in [0.15, 0.2) is 0 Å². The van der Waals surface area contributed by atoms with Crippen LogP contribution in [0.25, 0.3) is 0 Å². The zero-order valence-electron chi connectivity index (χ0n) is 11.5. The third-order valence-corrected chi connectivity index (χ3v) is 3.76. The van der Waals surface area contributed by atoms with Crippen LogP contribution in [0.3, 0.4) is 0 Å². The second kappa shape index (κ2) is 6.45. The second-order valence-electron chi connectivity index (χ2n) is 5.40. The van der Waals surface area contributed by atoms with Crippen molar-refractivity contribution in [3.05, 3.63) is 0 Å². The molecule has 0 spiro atoms. The summed E-state index contributed by atoms with van der Waals surface area (Å²) in [7, 11) is 0. The van der Waals surface area contributed by atoms with Crippen LogP contribution in [0, 0.1) is 5.41 Å². The number of carbonyl (C=O) groups is 2. The van der Waals surface area contributed by atoms with Crippen molar-refractivity contribution in [2.75, 3.05) is 13.1 Å². The van der Waals surface area contributed by atoms with E-state index in [9.17, 15) is 22.8 Å². The minimum Gasteiger partial charge on any atom is -0.481 e. The SMILES string of the molecule is CCCCN(CC(F)(F)F)C(=O)CC1(C(=O)O)CCC1. The van der Waals surface area contributed by atoms with Gasteiger partial charge in [0.25, 0.3) is 0 Å². The standard InChI is InChI=1S/C13H20F3NO3/c1-2-3-7-17(9-13(14,15)16)10(18)8-12(11(19)20)5-4-6-12/h2-9H2,1H3,(H,19,20). The highest BCUT2D eigenvalue weighted by atomic mass is 19.4. The molecule has 1 N–H and O–H groups in total. The summed E-state index contributed by atoms with van der Waals surface area (Å²) in [6.07, 6.45) is -2.22. The van der Waals surface area contributed by atoms with Crippen LogP contribution in [-0.4, -0.2) is 41.1 Å². The molecule has 1 rings (SSSR count). The highest BCUT2D eigenvalue weighted by Crippen LogP contribution is 2.44. The van der Waals surface area contributed by atoms with Gasteiger partial charge in [0.2, 0.25) is 5.91 Å². The molecule has 1 saturated carbocycles. The second-order valence-corrected chi connectivity index (χ2v) is 5.40. The van der Waals surface area contributed by atoms with Crippen molar-refractivity contribution in [1.29, 1.82) is 0 Å². The van der Waals surface area contributed by atoms with Gasteiger partial charge in [0.1, 0.15) is 6.54 Å². The van der Waals surface area contributed by atoms with Crippen molar-refractivity contribution in [3.8, 4) is 0 Å². The van der Waals surface area contributed by atoms with E-state index < -0.39 is 30.0 Å². The fourth-order valence-electron chi connectivity index (χ4n) is 2.33. The van der Waals surface area contributed by atoms with E-state index >= 15 is 0 Å². The molecule has 7 heteroatoms. The van der Waals surface area contributed by atoms with Gasteiger partial charge in [-0.15, -0.1) is 0 Å². The third kappa shape index (κ3) is 4.38. The van der Waals surface area contributed by atoms with E-state index in [0.29, 0.717) is 32.1 Å². The van der Waals surface area contributed by atoms with Crippen molar-refractivity contribution in [1.82, 2.24) is 4.90 Å². The molecule has 116 valence electrons. The Kier molecular flexibility index (Phi) is 5.42. The first-order valence-corrected chi connectivity index (χ1v) is 6.78. The molecule has 1 aliphatic carbocycles. The number of amides is 1. The number of hydrogen-bond donors (Lipinski definition) is 1. The van der Waals surface area contributed by atoms with Gasteiger partial charge in [0, 0.05) is 13.0 Å². The predicted octanol–water partition coefficient (Wildman–Crippen LogP) is 2.82. The van der Waals surface area contributed by atoms with Gasteiger partial charge in [-0.25, -0.2) is 0 Å². The van der Waals surface area contributed by atoms with Crippen molar-refractivity contribution < 1.29 is 27.9 Å². The number of carboxylic acids is 1. The van der Waals surface area contributed by atoms with E-state index in [1.807, 2.05) is 6.92 Å². The Morgan fingerprint density at radius 2 is 1.90 bits per heavy atom. The molecule has 0 heterocycles. The van der Waals surface area contributed by atoms with Gasteiger partial charge in [-0.1, -0.05) is 19.8 Å². The van der Waals surface area contributed by atoms with Gasteiger partial charge in [0.05, 0.1) is 5.41 Å². The zero-order valence-corrected chi connectivity index (χ0v) is 11.5. The Morgan fingerprint density at radius 1 is 1.30 bits per heavy atom. The number of carbonyl (C=O) groups excluding carboxylic acids is 1. The van der Waals surface area contributed by atoms with Crippen LogP contribution >= 0.6 is 0 Å². The van der Waals surface area contributed by atoms with E-state index in [1.54, 1.807) is 0 Å². The number of halogens is 3. The number of hydrogen-bond acceptors (Lipinski definition) is 2. The van der Waals surface area contributed by atoms with Gasteiger partial charge < -0.3 is 10.0 Å². The Hall–Kier alpha value is -1.27. The summed E-state index contributed by atoms with van der Waals surface area (Å²) in [5.41, 5.74) is -1.15. The van der Waals surface area contributed by atoms with E-state index in [2.05, 4.69) is 0 Å². The van der Waals surface area contributed by atoms with Crippen LogP contribution in [-0.2, 0) is 9.59 Å². The van der Waals surface area contributed by atoms with Crippen molar-refractivity contribution in [2.45, 2.75) is 51.6 Å². The molecule has 0 aromatic heterocycles. The van der Waals surface area contributed by atoms with Gasteiger partial charge in [-0.3, -0.25) is 9.59 Å². The summed E-state index contributed by atoms with van der Waals surface area (Å²) >= 11 is 0. The fraction of sp³-hybridized carbons (Fsp3) is 0.846. The molecule has 0 aliphatic heterocycles. The van der Waals surface area contributed by atoms with E-state index in [4.69, 9.17) is 5.11 Å². The molecule has 1 aliphatic rings. The number of carboxylic acid groups (broad SMARTS) is 1. The average molecular weight is 295 g/mol. The molecule has 0 radical (unpaired) electrons. The van der Waals surface area contributed by atoms with Crippen LogP contribution < -0.4 is 0 Å². The number of aliphatic carboxylic acids is 1. The Morgan fingerprint density at radius 3 is 2.25 bits per heavy atom. The van der Waals surface area contributed by atoms with Gasteiger partial charge >= 0.3 is 12.1 Å². The van der Waals surface area contributed by atoms with E-state index in [-0.39, 0.29) is 13.0 Å². The molecule has 20 heavy (non-hydrogen) atoms. The van der Waals surface area contributed by atoms with Crippen LogP contribution in [0.4, 0.5) is 13.2 Å². The first-order chi connectivity index (χ1) is 9.20. The van der Waals surface area contributed by atoms with E-state index in [0.717, 1.165) is 4.90 Å². The van der Waals surface area contributed by atoms with Crippen molar-refractivity contribution in [2.24, 2.45) is 5.41 Å². The first kappa shape index (κ1) is 16.8. The normalized spacial score (nSPS) is 17.4. The maximum atomic E-state index is 12.5. The predicted molar refractivity (Wildman–Crippen MR) is 66.1 cm³/mol. The molecule has 0 atom stereocenters. The monoisotopic (exact) mass is 295 g/mol. The summed E-state index contributed by atoms with van der Waals surface area (Å²) in [4.78, 5) is 23.9. The molecular weight excluding hydrogens is 275 g/mol. The topological polar surface area (TPSA) is 57.6 Å². The molecular formula is C13H20F3NO3. The number of unbranched alkanes of at least 4 members (excludes halogenated alkanes) is 1. The highest BCUT2D eigenvalue weighted by molar-refractivity contribution is 5.85. The molecule has 1 fully saturated rings. The number of nitrogens with zero attached hydrogens (tertiary/aromatic N) is 1. The number of alkyl halides is 3. The summed E-state index contributed by atoms with van der Waals surface area (Å²) in [5, 5.41) is 9.13. The molecule has 1 amide bonds. The smallest absolute Gasteiger partial charge is 0.406 e. The average Bonchev–Trinajstić information content (AvgIpc) is 2.26. The van der Waals surface area contributed by atoms with Gasteiger partial charge in [-0.2, -0.15) is 13.2 Å².